The first-order valence-corrected chi connectivity index (χ1v) is 8.36. The minimum atomic E-state index is 0.225. The van der Waals surface area contributed by atoms with Gasteiger partial charge in [-0.05, 0) is 37.8 Å². The Morgan fingerprint density at radius 2 is 2.17 bits per heavy atom. The Balaban J connectivity index is 1.95. The lowest BCUT2D eigenvalue weighted by Crippen LogP contribution is -2.37. The Labute approximate surface area is 139 Å². The zero-order chi connectivity index (χ0) is 16.0. The molecule has 0 saturated carbocycles. The van der Waals surface area contributed by atoms with Gasteiger partial charge in [0, 0.05) is 25.1 Å². The van der Waals surface area contributed by atoms with Gasteiger partial charge in [-0.3, -0.25) is 0 Å². The van der Waals surface area contributed by atoms with Crippen LogP contribution in [0.4, 0.5) is 5.82 Å². The maximum absolute atomic E-state index is 9.51. The summed E-state index contributed by atoms with van der Waals surface area (Å²) in [5.74, 6) is 1.25. The van der Waals surface area contributed by atoms with E-state index in [0.717, 1.165) is 48.3 Å². The summed E-state index contributed by atoms with van der Waals surface area (Å²) in [6.45, 7) is 3.90. The van der Waals surface area contributed by atoms with Crippen LogP contribution in [0, 0.1) is 12.8 Å². The molecule has 1 fully saturated rings. The third kappa shape index (κ3) is 2.35. The SMILES string of the molecule is Cc1nn2c(nc(N3CCC[C@@H](CO)C3)c3ccccc32)c1Cl. The predicted molar refractivity (Wildman–Crippen MR) is 92.3 cm³/mol. The van der Waals surface area contributed by atoms with Crippen molar-refractivity contribution >= 4 is 34.0 Å². The Bertz CT molecular complexity index is 876. The topological polar surface area (TPSA) is 53.7 Å². The highest BCUT2D eigenvalue weighted by Crippen LogP contribution is 2.32. The molecule has 2 aromatic heterocycles. The minimum absolute atomic E-state index is 0.225. The molecule has 0 radical (unpaired) electrons. The van der Waals surface area contributed by atoms with Gasteiger partial charge in [0.25, 0.3) is 0 Å². The van der Waals surface area contributed by atoms with Gasteiger partial charge in [-0.25, -0.2) is 9.50 Å². The lowest BCUT2D eigenvalue weighted by Gasteiger charge is -2.33. The van der Waals surface area contributed by atoms with Crippen LogP contribution in [0.15, 0.2) is 24.3 Å². The van der Waals surface area contributed by atoms with Gasteiger partial charge in [-0.15, -0.1) is 0 Å². The zero-order valence-electron chi connectivity index (χ0n) is 13.0. The summed E-state index contributed by atoms with van der Waals surface area (Å²) < 4.78 is 1.82. The number of aliphatic hydroxyl groups is 1. The van der Waals surface area contributed by atoms with Crippen LogP contribution in [-0.4, -0.2) is 39.4 Å². The van der Waals surface area contributed by atoms with E-state index in [1.54, 1.807) is 0 Å². The molecule has 1 aliphatic rings. The van der Waals surface area contributed by atoms with Crippen LogP contribution in [0.5, 0.6) is 0 Å². The second kappa shape index (κ2) is 5.65. The number of hydrogen-bond donors (Lipinski definition) is 1. The number of aromatic nitrogens is 3. The Kier molecular flexibility index (Phi) is 3.62. The van der Waals surface area contributed by atoms with Gasteiger partial charge in [-0.1, -0.05) is 23.7 Å². The number of aryl methyl sites for hydroxylation is 1. The van der Waals surface area contributed by atoms with Crippen molar-refractivity contribution < 1.29 is 5.11 Å². The number of aliphatic hydroxyl groups excluding tert-OH is 1. The van der Waals surface area contributed by atoms with Gasteiger partial charge in [0.1, 0.15) is 10.8 Å². The van der Waals surface area contributed by atoms with Crippen molar-refractivity contribution in [3.8, 4) is 0 Å². The maximum atomic E-state index is 9.51. The number of piperidine rings is 1. The molecule has 23 heavy (non-hydrogen) atoms. The van der Waals surface area contributed by atoms with E-state index in [4.69, 9.17) is 16.6 Å². The largest absolute Gasteiger partial charge is 0.396 e. The molecule has 1 saturated heterocycles. The van der Waals surface area contributed by atoms with E-state index in [-0.39, 0.29) is 6.61 Å². The fourth-order valence-electron chi connectivity index (χ4n) is 3.42. The number of rotatable bonds is 2. The van der Waals surface area contributed by atoms with Crippen LogP contribution in [0.3, 0.4) is 0 Å². The van der Waals surface area contributed by atoms with Crippen molar-refractivity contribution in [2.75, 3.05) is 24.6 Å². The van der Waals surface area contributed by atoms with Gasteiger partial charge >= 0.3 is 0 Å². The standard InChI is InChI=1S/C17H19ClN4O/c1-11-15(18)17-19-16(21-8-4-5-12(9-21)10-23)13-6-2-3-7-14(13)22(17)20-11/h2-3,6-7,12,23H,4-5,8-10H2,1H3/t12-/m1/s1. The first-order chi connectivity index (χ1) is 11.2. The molecule has 0 spiro atoms. The monoisotopic (exact) mass is 330 g/mol. The molecule has 0 bridgehead atoms. The van der Waals surface area contributed by atoms with Crippen LogP contribution >= 0.6 is 11.6 Å². The summed E-state index contributed by atoms with van der Waals surface area (Å²) in [5.41, 5.74) is 2.49. The Morgan fingerprint density at radius 3 is 3.00 bits per heavy atom. The lowest BCUT2D eigenvalue weighted by molar-refractivity contribution is 0.208. The Hall–Kier alpha value is -1.85. The zero-order valence-corrected chi connectivity index (χ0v) is 13.8. The summed E-state index contributed by atoms with van der Waals surface area (Å²) in [5, 5.41) is 15.7. The van der Waals surface area contributed by atoms with E-state index in [1.165, 1.54) is 0 Å². The molecule has 6 heteroatoms. The maximum Gasteiger partial charge on any atom is 0.176 e. The molecule has 1 atom stereocenters. The molecule has 0 aliphatic carbocycles. The van der Waals surface area contributed by atoms with Crippen molar-refractivity contribution in [3.63, 3.8) is 0 Å². The normalized spacial score (nSPS) is 18.9. The number of nitrogens with zero attached hydrogens (tertiary/aromatic N) is 4. The van der Waals surface area contributed by atoms with Crippen LogP contribution in [0.2, 0.25) is 5.02 Å². The summed E-state index contributed by atoms with van der Waals surface area (Å²) in [6, 6.07) is 8.14. The van der Waals surface area contributed by atoms with Crippen molar-refractivity contribution in [3.05, 3.63) is 35.0 Å². The van der Waals surface area contributed by atoms with Crippen LogP contribution in [0.25, 0.3) is 16.6 Å². The highest BCUT2D eigenvalue weighted by atomic mass is 35.5. The quantitative estimate of drug-likeness (QED) is 0.784. The van der Waals surface area contributed by atoms with E-state index in [1.807, 2.05) is 29.6 Å². The number of benzene rings is 1. The van der Waals surface area contributed by atoms with E-state index >= 15 is 0 Å². The molecule has 4 rings (SSSR count). The molecule has 3 heterocycles. The highest BCUT2D eigenvalue weighted by molar-refractivity contribution is 6.34. The second-order valence-corrected chi connectivity index (χ2v) is 6.60. The van der Waals surface area contributed by atoms with Crippen molar-refractivity contribution in [2.24, 2.45) is 5.92 Å². The summed E-state index contributed by atoms with van der Waals surface area (Å²) in [7, 11) is 0. The van der Waals surface area contributed by atoms with Crippen LogP contribution in [0.1, 0.15) is 18.5 Å². The smallest absolute Gasteiger partial charge is 0.176 e. The van der Waals surface area contributed by atoms with Gasteiger partial charge in [0.05, 0.1) is 11.2 Å². The first kappa shape index (κ1) is 14.7. The average Bonchev–Trinajstić information content (AvgIpc) is 2.89. The Morgan fingerprint density at radius 1 is 1.35 bits per heavy atom. The lowest BCUT2D eigenvalue weighted by atomic mass is 9.99. The molecule has 1 aliphatic heterocycles. The van der Waals surface area contributed by atoms with Gasteiger partial charge in [0.2, 0.25) is 0 Å². The fourth-order valence-corrected chi connectivity index (χ4v) is 3.58. The fraction of sp³-hybridized carbons (Fsp3) is 0.412. The predicted octanol–water partition coefficient (Wildman–Crippen LogP) is 3.05. The molecular formula is C17H19ClN4O. The third-order valence-corrected chi connectivity index (χ3v) is 5.07. The van der Waals surface area contributed by atoms with Gasteiger partial charge in [0.15, 0.2) is 5.65 Å². The molecule has 0 amide bonds. The minimum Gasteiger partial charge on any atom is -0.396 e. The summed E-state index contributed by atoms with van der Waals surface area (Å²) in [6.07, 6.45) is 2.14. The van der Waals surface area contributed by atoms with E-state index < -0.39 is 0 Å². The number of hydrogen-bond acceptors (Lipinski definition) is 4. The molecule has 1 N–H and O–H groups in total. The van der Waals surface area contributed by atoms with Crippen molar-refractivity contribution in [2.45, 2.75) is 19.8 Å². The number of halogens is 1. The van der Waals surface area contributed by atoms with Crippen LogP contribution in [-0.2, 0) is 0 Å². The van der Waals surface area contributed by atoms with Crippen molar-refractivity contribution in [1.82, 2.24) is 14.6 Å². The van der Waals surface area contributed by atoms with E-state index in [2.05, 4.69) is 16.1 Å². The third-order valence-electron chi connectivity index (χ3n) is 4.63. The highest BCUT2D eigenvalue weighted by Gasteiger charge is 2.23. The molecule has 3 aromatic rings. The summed E-state index contributed by atoms with van der Waals surface area (Å²) >= 11 is 6.40. The van der Waals surface area contributed by atoms with Crippen molar-refractivity contribution in [1.29, 1.82) is 0 Å². The number of para-hydroxylation sites is 1. The van der Waals surface area contributed by atoms with Crippen LogP contribution < -0.4 is 4.90 Å². The van der Waals surface area contributed by atoms with Gasteiger partial charge < -0.3 is 10.0 Å². The number of fused-ring (bicyclic) bond motifs is 3. The molecule has 120 valence electrons. The molecule has 5 nitrogen and oxygen atoms in total. The second-order valence-electron chi connectivity index (χ2n) is 6.22. The summed E-state index contributed by atoms with van der Waals surface area (Å²) in [4.78, 5) is 7.10. The molecule has 1 aromatic carbocycles. The molecule has 0 unspecified atom stereocenters. The number of anilines is 1. The molecular weight excluding hydrogens is 312 g/mol. The first-order valence-electron chi connectivity index (χ1n) is 7.98. The van der Waals surface area contributed by atoms with Gasteiger partial charge in [-0.2, -0.15) is 5.10 Å². The average molecular weight is 331 g/mol. The van der Waals surface area contributed by atoms with E-state index in [9.17, 15) is 5.11 Å². The van der Waals surface area contributed by atoms with E-state index in [0.29, 0.717) is 16.6 Å².